The normalized spacial score (nSPS) is 14.2. The van der Waals surface area contributed by atoms with E-state index in [1.54, 1.807) is 0 Å². The average molecular weight is 1630 g/mol. The van der Waals surface area contributed by atoms with Gasteiger partial charge in [-0.05, 0) is 43.4 Å². The maximum atomic E-state index is 13.2. The van der Waals surface area contributed by atoms with Crippen LogP contribution in [0.5, 0.6) is 0 Å². The minimum Gasteiger partial charge on any atom is -0.462 e. The average Bonchev–Trinajstić information content (AvgIpc) is 0.894. The summed E-state index contributed by atoms with van der Waals surface area (Å²) in [6, 6.07) is 0. The number of aliphatic hydroxyl groups is 1. The maximum absolute atomic E-state index is 13.2. The molecular weight excluding hydrogens is 1450 g/mol. The summed E-state index contributed by atoms with van der Waals surface area (Å²) in [5.41, 5.74) is 0. The van der Waals surface area contributed by atoms with Crippen molar-refractivity contribution in [1.29, 1.82) is 0 Å². The van der Waals surface area contributed by atoms with Gasteiger partial charge in [-0.2, -0.15) is 0 Å². The number of unbranched alkanes of at least 4 members (excludes halogenated alkanes) is 57. The molecule has 0 rings (SSSR count). The first kappa shape index (κ1) is 110. The molecule has 0 aliphatic carbocycles. The molecular formula is C93H182O17P2. The number of hydrogen-bond donors (Lipinski definition) is 3. The van der Waals surface area contributed by atoms with Crippen LogP contribution in [0.15, 0.2) is 0 Å². The van der Waals surface area contributed by atoms with Crippen LogP contribution in [-0.2, 0) is 65.4 Å². The highest BCUT2D eigenvalue weighted by Gasteiger charge is 2.31. The van der Waals surface area contributed by atoms with Crippen molar-refractivity contribution in [1.82, 2.24) is 0 Å². The Balaban J connectivity index is 5.21. The lowest BCUT2D eigenvalue weighted by molar-refractivity contribution is -0.161. The molecule has 0 radical (unpaired) electrons. The number of carbonyl (C=O) groups is 4. The number of phosphoric ester groups is 2. The zero-order valence-corrected chi connectivity index (χ0v) is 75.9. The lowest BCUT2D eigenvalue weighted by Crippen LogP contribution is -2.30. The van der Waals surface area contributed by atoms with Gasteiger partial charge < -0.3 is 33.8 Å². The summed E-state index contributed by atoms with van der Waals surface area (Å²) in [5, 5.41) is 10.7. The topological polar surface area (TPSA) is 237 Å². The molecule has 4 unspecified atom stereocenters. The number of aliphatic hydroxyl groups excluding tert-OH is 1. The molecule has 0 aromatic carbocycles. The van der Waals surface area contributed by atoms with Gasteiger partial charge in [0.2, 0.25) is 0 Å². The van der Waals surface area contributed by atoms with E-state index in [-0.39, 0.29) is 25.7 Å². The Bertz CT molecular complexity index is 2150. The van der Waals surface area contributed by atoms with E-state index in [0.29, 0.717) is 31.6 Å². The van der Waals surface area contributed by atoms with Crippen molar-refractivity contribution in [2.45, 2.75) is 516 Å². The zero-order chi connectivity index (χ0) is 82.2. The molecule has 3 N–H and O–H groups in total. The fourth-order valence-corrected chi connectivity index (χ4v) is 16.1. The van der Waals surface area contributed by atoms with E-state index >= 15 is 0 Å². The molecule has 0 spiro atoms. The van der Waals surface area contributed by atoms with Crippen molar-refractivity contribution in [3.05, 3.63) is 0 Å². The van der Waals surface area contributed by atoms with Crippen LogP contribution in [0.1, 0.15) is 498 Å². The summed E-state index contributed by atoms with van der Waals surface area (Å²) in [6.45, 7) is 12.1. The molecule has 0 aromatic rings. The fraction of sp³-hybridized carbons (Fsp3) is 0.957. The molecule has 0 saturated carbocycles. The second-order valence-electron chi connectivity index (χ2n) is 34.4. The van der Waals surface area contributed by atoms with E-state index in [1.165, 1.54) is 302 Å². The van der Waals surface area contributed by atoms with Gasteiger partial charge in [-0.25, -0.2) is 9.13 Å². The molecule has 17 nitrogen and oxygen atoms in total. The minimum atomic E-state index is -4.97. The lowest BCUT2D eigenvalue weighted by atomic mass is 9.99. The van der Waals surface area contributed by atoms with E-state index in [1.807, 2.05) is 0 Å². The molecule has 0 bridgehead atoms. The summed E-state index contributed by atoms with van der Waals surface area (Å²) in [5.74, 6) is 0.323. The molecule has 0 aromatic heterocycles. The monoisotopic (exact) mass is 1630 g/mol. The molecule has 0 heterocycles. The molecule has 666 valence electrons. The third-order valence-corrected chi connectivity index (χ3v) is 24.5. The van der Waals surface area contributed by atoms with Crippen LogP contribution in [0.25, 0.3) is 0 Å². The Labute approximate surface area is 689 Å². The summed E-state index contributed by atoms with van der Waals surface area (Å²) < 4.78 is 69.1. The van der Waals surface area contributed by atoms with Crippen LogP contribution in [0.4, 0.5) is 0 Å². The lowest BCUT2D eigenvalue weighted by Gasteiger charge is -2.21. The molecule has 0 fully saturated rings. The van der Waals surface area contributed by atoms with Gasteiger partial charge in [0.15, 0.2) is 12.2 Å². The largest absolute Gasteiger partial charge is 0.472 e. The highest BCUT2D eigenvalue weighted by Crippen LogP contribution is 2.45. The number of carbonyl (C=O) groups excluding carboxylic acids is 4. The van der Waals surface area contributed by atoms with Crippen molar-refractivity contribution in [2.24, 2.45) is 17.8 Å². The van der Waals surface area contributed by atoms with Gasteiger partial charge in [-0.3, -0.25) is 37.3 Å². The third kappa shape index (κ3) is 83.1. The smallest absolute Gasteiger partial charge is 0.462 e. The van der Waals surface area contributed by atoms with Crippen molar-refractivity contribution in [3.63, 3.8) is 0 Å². The summed E-state index contributed by atoms with van der Waals surface area (Å²) in [7, 11) is -9.94. The Morgan fingerprint density at radius 2 is 0.455 bits per heavy atom. The quantitative estimate of drug-likeness (QED) is 0.0222. The zero-order valence-electron chi connectivity index (χ0n) is 74.2. The van der Waals surface area contributed by atoms with Gasteiger partial charge in [0, 0.05) is 25.7 Å². The second-order valence-corrected chi connectivity index (χ2v) is 37.3. The number of rotatable bonds is 91. The Morgan fingerprint density at radius 1 is 0.259 bits per heavy atom. The van der Waals surface area contributed by atoms with Crippen molar-refractivity contribution in [2.75, 3.05) is 39.6 Å². The number of ether oxygens (including phenoxy) is 4. The standard InChI is InChI=1S/C93H182O17P2/c1-8-11-12-13-14-15-16-17-18-19-20-21-22-23-27-30-36-41-46-53-60-67-74-90(95)103-80-88(109-92(97)76-69-62-54-47-42-37-31-28-25-24-26-29-34-39-44-51-58-65-72-85(6)9-2)82-107-111(99,100)105-78-87(94)79-106-112(101,102)108-83-89(81-104-91(96)75-68-61-56-49-50-57-64-71-84(4)5)110-93(98)77-70-63-55-48-43-38-33-32-35-40-45-52-59-66-73-86(7)10-3/h84-89,94H,8-83H2,1-7H3,(H,99,100)(H,101,102)/t85?,86?,87-,88-,89-/m1/s1. The minimum absolute atomic E-state index is 0.107. The summed E-state index contributed by atoms with van der Waals surface area (Å²) in [4.78, 5) is 73.4. The van der Waals surface area contributed by atoms with Crippen LogP contribution in [0.3, 0.4) is 0 Å². The van der Waals surface area contributed by atoms with Gasteiger partial charge >= 0.3 is 39.5 Å². The van der Waals surface area contributed by atoms with Crippen molar-refractivity contribution >= 4 is 39.5 Å². The molecule has 0 amide bonds. The van der Waals surface area contributed by atoms with Crippen molar-refractivity contribution in [3.8, 4) is 0 Å². The molecule has 0 aliphatic heterocycles. The molecule has 112 heavy (non-hydrogen) atoms. The number of esters is 4. The summed E-state index contributed by atoms with van der Waals surface area (Å²) in [6.07, 6.45) is 76.6. The van der Waals surface area contributed by atoms with E-state index in [2.05, 4.69) is 48.5 Å². The predicted octanol–water partition coefficient (Wildman–Crippen LogP) is 28.8. The van der Waals surface area contributed by atoms with E-state index in [9.17, 15) is 43.2 Å². The van der Waals surface area contributed by atoms with Crippen LogP contribution in [0, 0.1) is 17.8 Å². The Hall–Kier alpha value is -1.94. The molecule has 0 aliphatic rings. The van der Waals surface area contributed by atoms with Crippen molar-refractivity contribution < 1.29 is 80.2 Å². The highest BCUT2D eigenvalue weighted by atomic mass is 31.2. The van der Waals surface area contributed by atoms with Crippen LogP contribution in [0.2, 0.25) is 0 Å². The second kappa shape index (κ2) is 82.7. The number of hydrogen-bond acceptors (Lipinski definition) is 15. The molecule has 19 heteroatoms. The van der Waals surface area contributed by atoms with Gasteiger partial charge in [-0.1, -0.05) is 447 Å². The third-order valence-electron chi connectivity index (χ3n) is 22.6. The first-order valence-corrected chi connectivity index (χ1v) is 50.9. The van der Waals surface area contributed by atoms with Gasteiger partial charge in [-0.15, -0.1) is 0 Å². The van der Waals surface area contributed by atoms with Crippen LogP contribution >= 0.6 is 15.6 Å². The maximum Gasteiger partial charge on any atom is 0.472 e. The van der Waals surface area contributed by atoms with Crippen LogP contribution in [-0.4, -0.2) is 96.7 Å². The molecule has 7 atom stereocenters. The van der Waals surface area contributed by atoms with Gasteiger partial charge in [0.25, 0.3) is 0 Å². The first-order valence-electron chi connectivity index (χ1n) is 47.9. The first-order chi connectivity index (χ1) is 54.3. The SMILES string of the molecule is CCCCCCCCCCCCCCCCCCCCCCCCC(=O)OC[C@H](COP(=O)(O)OC[C@@H](O)COP(=O)(O)OC[C@@H](COC(=O)CCCCCCCCCC(C)C)OC(=O)CCCCCCCCCCCCCCCCC(C)CC)OC(=O)CCCCCCCCCCCCCCCCCCCCC(C)CC. The number of phosphoric acid groups is 2. The van der Waals surface area contributed by atoms with E-state index in [0.717, 1.165) is 108 Å². The van der Waals surface area contributed by atoms with E-state index in [4.69, 9.17) is 37.0 Å². The molecule has 0 saturated heterocycles. The Morgan fingerprint density at radius 3 is 0.679 bits per heavy atom. The highest BCUT2D eigenvalue weighted by molar-refractivity contribution is 7.47. The van der Waals surface area contributed by atoms with Gasteiger partial charge in [0.05, 0.1) is 26.4 Å². The van der Waals surface area contributed by atoms with Gasteiger partial charge in [0.1, 0.15) is 19.3 Å². The van der Waals surface area contributed by atoms with Crippen LogP contribution < -0.4 is 0 Å². The van der Waals surface area contributed by atoms with E-state index < -0.39 is 97.5 Å². The fourth-order valence-electron chi connectivity index (χ4n) is 14.5. The Kier molecular flexibility index (Phi) is 81.3. The summed E-state index contributed by atoms with van der Waals surface area (Å²) >= 11 is 0. The predicted molar refractivity (Wildman–Crippen MR) is 465 cm³/mol.